The zero-order valence-corrected chi connectivity index (χ0v) is 12.0. The van der Waals surface area contributed by atoms with Crippen LogP contribution in [0.4, 0.5) is 4.39 Å². The maximum Gasteiger partial charge on any atom is 0.258 e. The van der Waals surface area contributed by atoms with Crippen molar-refractivity contribution in [1.29, 1.82) is 0 Å². The summed E-state index contributed by atoms with van der Waals surface area (Å²) in [6, 6.07) is 11.2. The van der Waals surface area contributed by atoms with Gasteiger partial charge in [0.05, 0.1) is 14.2 Å². The number of benzene rings is 2. The lowest BCUT2D eigenvalue weighted by atomic mass is 10.2. The summed E-state index contributed by atoms with van der Waals surface area (Å²) in [6.07, 6.45) is 0. The molecule has 0 bridgehead atoms. The lowest BCUT2D eigenvalue weighted by molar-refractivity contribution is 0.355. The van der Waals surface area contributed by atoms with E-state index in [4.69, 9.17) is 14.0 Å². The van der Waals surface area contributed by atoms with E-state index >= 15 is 0 Å². The fraction of sp³-hybridized carbons (Fsp3) is 0.125. The van der Waals surface area contributed by atoms with Gasteiger partial charge in [-0.3, -0.25) is 0 Å². The van der Waals surface area contributed by atoms with E-state index in [2.05, 4.69) is 10.1 Å². The third-order valence-electron chi connectivity index (χ3n) is 3.16. The van der Waals surface area contributed by atoms with Crippen LogP contribution in [0.25, 0.3) is 22.8 Å². The molecule has 3 rings (SSSR count). The van der Waals surface area contributed by atoms with E-state index in [9.17, 15) is 4.39 Å². The molecule has 0 atom stereocenters. The van der Waals surface area contributed by atoms with Gasteiger partial charge in [0, 0.05) is 11.1 Å². The summed E-state index contributed by atoms with van der Waals surface area (Å²) in [5.74, 6) is 1.61. The van der Waals surface area contributed by atoms with Crippen molar-refractivity contribution in [2.45, 2.75) is 0 Å². The van der Waals surface area contributed by atoms with Crippen LogP contribution in [0.5, 0.6) is 11.5 Å². The van der Waals surface area contributed by atoms with E-state index in [1.165, 1.54) is 12.1 Å². The summed E-state index contributed by atoms with van der Waals surface area (Å²) in [6.45, 7) is 0. The van der Waals surface area contributed by atoms with Gasteiger partial charge >= 0.3 is 0 Å². The number of hydrogen-bond acceptors (Lipinski definition) is 5. The maximum absolute atomic E-state index is 12.9. The maximum atomic E-state index is 12.9. The van der Waals surface area contributed by atoms with E-state index in [0.29, 0.717) is 34.3 Å². The first-order valence-electron chi connectivity index (χ1n) is 6.53. The van der Waals surface area contributed by atoms with Crippen LogP contribution in [0, 0.1) is 5.82 Å². The summed E-state index contributed by atoms with van der Waals surface area (Å²) >= 11 is 0. The van der Waals surface area contributed by atoms with E-state index in [1.807, 2.05) is 0 Å². The van der Waals surface area contributed by atoms with E-state index in [1.54, 1.807) is 44.6 Å². The molecule has 0 saturated heterocycles. The minimum absolute atomic E-state index is 0.313. The third kappa shape index (κ3) is 2.63. The van der Waals surface area contributed by atoms with Crippen LogP contribution in [0.15, 0.2) is 47.0 Å². The second-order valence-corrected chi connectivity index (χ2v) is 4.50. The van der Waals surface area contributed by atoms with Gasteiger partial charge in [-0.2, -0.15) is 4.98 Å². The number of ether oxygens (including phenoxy) is 2. The molecule has 22 heavy (non-hydrogen) atoms. The first-order valence-corrected chi connectivity index (χ1v) is 6.53. The molecule has 0 aliphatic heterocycles. The summed E-state index contributed by atoms with van der Waals surface area (Å²) < 4.78 is 28.6. The van der Waals surface area contributed by atoms with Crippen LogP contribution in [0.3, 0.4) is 0 Å². The minimum Gasteiger partial charge on any atom is -0.493 e. The molecule has 1 heterocycles. The highest BCUT2D eigenvalue weighted by Crippen LogP contribution is 2.32. The predicted octanol–water partition coefficient (Wildman–Crippen LogP) is 3.56. The van der Waals surface area contributed by atoms with Gasteiger partial charge in [-0.05, 0) is 42.5 Å². The van der Waals surface area contributed by atoms with Crippen molar-refractivity contribution in [2.24, 2.45) is 0 Å². The highest BCUT2D eigenvalue weighted by molar-refractivity contribution is 5.62. The van der Waals surface area contributed by atoms with Gasteiger partial charge in [0.25, 0.3) is 5.89 Å². The molecule has 0 N–H and O–H groups in total. The Balaban J connectivity index is 1.95. The Kier molecular flexibility index (Phi) is 3.74. The number of methoxy groups -OCH3 is 2. The molecule has 112 valence electrons. The summed E-state index contributed by atoms with van der Waals surface area (Å²) in [5.41, 5.74) is 1.38. The van der Waals surface area contributed by atoms with Crippen molar-refractivity contribution < 1.29 is 18.4 Å². The Morgan fingerprint density at radius 1 is 0.909 bits per heavy atom. The van der Waals surface area contributed by atoms with Crippen LogP contribution < -0.4 is 9.47 Å². The molecule has 0 fully saturated rings. The normalized spacial score (nSPS) is 10.5. The lowest BCUT2D eigenvalue weighted by Gasteiger charge is -2.07. The van der Waals surface area contributed by atoms with Crippen molar-refractivity contribution in [3.63, 3.8) is 0 Å². The molecule has 0 amide bonds. The van der Waals surface area contributed by atoms with Crippen molar-refractivity contribution in [2.75, 3.05) is 14.2 Å². The second kappa shape index (κ2) is 5.85. The fourth-order valence-corrected chi connectivity index (χ4v) is 2.03. The standard InChI is InChI=1S/C16H13FN2O3/c1-20-13-8-5-11(9-14(13)21-2)16-18-15(19-22-16)10-3-6-12(17)7-4-10/h3-9H,1-2H3. The first-order chi connectivity index (χ1) is 10.7. The van der Waals surface area contributed by atoms with Crippen LogP contribution in [0.2, 0.25) is 0 Å². The molecule has 6 heteroatoms. The van der Waals surface area contributed by atoms with Gasteiger partial charge in [0.1, 0.15) is 5.82 Å². The molecule has 1 aromatic heterocycles. The molecule has 0 saturated carbocycles. The summed E-state index contributed by atoms with van der Waals surface area (Å²) in [5, 5.41) is 3.91. The molecule has 2 aromatic carbocycles. The molecule has 0 unspecified atom stereocenters. The minimum atomic E-state index is -0.313. The molecular weight excluding hydrogens is 287 g/mol. The quantitative estimate of drug-likeness (QED) is 0.737. The Hall–Kier alpha value is -2.89. The monoisotopic (exact) mass is 300 g/mol. The summed E-state index contributed by atoms with van der Waals surface area (Å²) in [7, 11) is 3.12. The third-order valence-corrected chi connectivity index (χ3v) is 3.16. The van der Waals surface area contributed by atoms with Gasteiger partial charge < -0.3 is 14.0 Å². The van der Waals surface area contributed by atoms with Crippen LogP contribution in [0.1, 0.15) is 0 Å². The Bertz CT molecular complexity index is 784. The van der Waals surface area contributed by atoms with Gasteiger partial charge in [-0.1, -0.05) is 5.16 Å². The average Bonchev–Trinajstić information content (AvgIpc) is 3.05. The second-order valence-electron chi connectivity index (χ2n) is 4.50. The smallest absolute Gasteiger partial charge is 0.258 e. The SMILES string of the molecule is COc1ccc(-c2nc(-c3ccc(F)cc3)no2)cc1OC. The molecule has 0 aliphatic rings. The number of halogens is 1. The zero-order valence-electron chi connectivity index (χ0n) is 12.0. The van der Waals surface area contributed by atoms with Gasteiger partial charge in [-0.25, -0.2) is 4.39 Å². The van der Waals surface area contributed by atoms with Crippen molar-refractivity contribution in [1.82, 2.24) is 10.1 Å². The van der Waals surface area contributed by atoms with Gasteiger partial charge in [0.15, 0.2) is 11.5 Å². The van der Waals surface area contributed by atoms with Crippen molar-refractivity contribution in [3.8, 4) is 34.3 Å². The zero-order chi connectivity index (χ0) is 15.5. The largest absolute Gasteiger partial charge is 0.493 e. The number of rotatable bonds is 4. The number of nitrogens with zero attached hydrogens (tertiary/aromatic N) is 2. The Morgan fingerprint density at radius 3 is 2.27 bits per heavy atom. The molecule has 3 aromatic rings. The highest BCUT2D eigenvalue weighted by Gasteiger charge is 2.13. The molecule has 0 spiro atoms. The van der Waals surface area contributed by atoms with Crippen LogP contribution in [-0.2, 0) is 0 Å². The predicted molar refractivity (Wildman–Crippen MR) is 78.2 cm³/mol. The fourth-order valence-electron chi connectivity index (χ4n) is 2.03. The molecule has 0 aliphatic carbocycles. The Labute approximate surface area is 126 Å². The van der Waals surface area contributed by atoms with Crippen LogP contribution in [-0.4, -0.2) is 24.4 Å². The molecule has 5 nitrogen and oxygen atoms in total. The number of hydrogen-bond donors (Lipinski definition) is 0. The average molecular weight is 300 g/mol. The lowest BCUT2D eigenvalue weighted by Crippen LogP contribution is -1.90. The highest BCUT2D eigenvalue weighted by atomic mass is 19.1. The van der Waals surface area contributed by atoms with Crippen LogP contribution >= 0.6 is 0 Å². The van der Waals surface area contributed by atoms with E-state index < -0.39 is 0 Å². The van der Waals surface area contributed by atoms with Gasteiger partial charge in [0.2, 0.25) is 5.82 Å². The topological polar surface area (TPSA) is 57.4 Å². The summed E-state index contributed by atoms with van der Waals surface area (Å²) in [4.78, 5) is 4.31. The van der Waals surface area contributed by atoms with E-state index in [0.717, 1.165) is 0 Å². The Morgan fingerprint density at radius 2 is 1.59 bits per heavy atom. The van der Waals surface area contributed by atoms with Crippen molar-refractivity contribution in [3.05, 3.63) is 48.3 Å². The van der Waals surface area contributed by atoms with Crippen molar-refractivity contribution >= 4 is 0 Å². The number of aromatic nitrogens is 2. The molecular formula is C16H13FN2O3. The van der Waals surface area contributed by atoms with E-state index in [-0.39, 0.29) is 5.82 Å². The van der Waals surface area contributed by atoms with Gasteiger partial charge in [-0.15, -0.1) is 0 Å². The molecule has 0 radical (unpaired) electrons. The first kappa shape index (κ1) is 14.1.